The zero-order valence-corrected chi connectivity index (χ0v) is 17.8. The van der Waals surface area contributed by atoms with E-state index in [-0.39, 0.29) is 5.82 Å². The minimum atomic E-state index is -0.262. The summed E-state index contributed by atoms with van der Waals surface area (Å²) in [5.41, 5.74) is 5.39. The average Bonchev–Trinajstić information content (AvgIpc) is 2.69. The van der Waals surface area contributed by atoms with Gasteiger partial charge in [0.05, 0.1) is 7.11 Å². The van der Waals surface area contributed by atoms with Gasteiger partial charge in [0.25, 0.3) is 0 Å². The summed E-state index contributed by atoms with van der Waals surface area (Å²) in [5, 5.41) is 3.45. The molecule has 0 saturated heterocycles. The molecule has 0 aromatic heterocycles. The molecular formula is C23H23BrFNO2. The first-order valence-electron chi connectivity index (χ1n) is 9.01. The molecule has 3 rings (SSSR count). The lowest BCUT2D eigenvalue weighted by Gasteiger charge is -2.18. The van der Waals surface area contributed by atoms with Gasteiger partial charge in [-0.25, -0.2) is 4.39 Å². The quantitative estimate of drug-likeness (QED) is 0.457. The molecule has 28 heavy (non-hydrogen) atoms. The Morgan fingerprint density at radius 3 is 2.39 bits per heavy atom. The first-order valence-corrected chi connectivity index (χ1v) is 9.81. The number of ether oxygens (including phenoxy) is 2. The third kappa shape index (κ3) is 4.84. The summed E-state index contributed by atoms with van der Waals surface area (Å²) in [7, 11) is 1.62. The smallest absolute Gasteiger partial charge is 0.167 e. The molecule has 0 aliphatic carbocycles. The van der Waals surface area contributed by atoms with Crippen LogP contribution in [0, 0.1) is 19.7 Å². The lowest BCUT2D eigenvalue weighted by molar-refractivity contribution is 0.281. The second-order valence-electron chi connectivity index (χ2n) is 6.63. The second-order valence-corrected chi connectivity index (χ2v) is 7.48. The van der Waals surface area contributed by atoms with Crippen molar-refractivity contribution in [1.82, 2.24) is 0 Å². The third-order valence-corrected chi connectivity index (χ3v) is 5.40. The standard InChI is InChI=1S/C23H23BrFNO2/c1-15-4-9-19(12-16(15)2)26-13-20-21(24)10-11-22(27-3)23(20)28-14-17-5-7-18(25)8-6-17/h4-12,26H,13-14H2,1-3H3. The maximum atomic E-state index is 13.1. The fourth-order valence-electron chi connectivity index (χ4n) is 2.84. The predicted octanol–water partition coefficient (Wildman–Crippen LogP) is 6.40. The van der Waals surface area contributed by atoms with Crippen molar-refractivity contribution in [3.8, 4) is 11.5 Å². The molecule has 0 saturated carbocycles. The van der Waals surface area contributed by atoms with Gasteiger partial charge in [-0.15, -0.1) is 0 Å². The topological polar surface area (TPSA) is 30.5 Å². The summed E-state index contributed by atoms with van der Waals surface area (Å²) >= 11 is 3.62. The second kappa shape index (κ2) is 9.11. The lowest BCUT2D eigenvalue weighted by atomic mass is 10.1. The first kappa shape index (κ1) is 20.2. The zero-order chi connectivity index (χ0) is 20.1. The van der Waals surface area contributed by atoms with Gasteiger partial charge in [0.2, 0.25) is 0 Å². The van der Waals surface area contributed by atoms with Crippen molar-refractivity contribution in [2.24, 2.45) is 0 Å². The van der Waals surface area contributed by atoms with Gasteiger partial charge in [-0.2, -0.15) is 0 Å². The highest BCUT2D eigenvalue weighted by atomic mass is 79.9. The van der Waals surface area contributed by atoms with E-state index < -0.39 is 0 Å². The molecule has 3 nitrogen and oxygen atoms in total. The molecule has 0 fully saturated rings. The molecule has 3 aromatic rings. The van der Waals surface area contributed by atoms with Crippen LogP contribution in [0.2, 0.25) is 0 Å². The molecule has 0 aliphatic heterocycles. The van der Waals surface area contributed by atoms with Gasteiger partial charge < -0.3 is 14.8 Å². The van der Waals surface area contributed by atoms with Gasteiger partial charge in [0.15, 0.2) is 11.5 Å². The van der Waals surface area contributed by atoms with Crippen molar-refractivity contribution in [3.63, 3.8) is 0 Å². The highest BCUT2D eigenvalue weighted by molar-refractivity contribution is 9.10. The van der Waals surface area contributed by atoms with Crippen molar-refractivity contribution in [3.05, 3.63) is 87.1 Å². The Kier molecular flexibility index (Phi) is 6.57. The minimum absolute atomic E-state index is 0.262. The average molecular weight is 444 g/mol. The Hall–Kier alpha value is -2.53. The third-order valence-electron chi connectivity index (χ3n) is 4.66. The van der Waals surface area contributed by atoms with Gasteiger partial charge in [-0.05, 0) is 66.9 Å². The number of nitrogens with one attached hydrogen (secondary N) is 1. The van der Waals surface area contributed by atoms with Crippen LogP contribution < -0.4 is 14.8 Å². The van der Waals surface area contributed by atoms with E-state index in [4.69, 9.17) is 9.47 Å². The monoisotopic (exact) mass is 443 g/mol. The lowest BCUT2D eigenvalue weighted by Crippen LogP contribution is -2.06. The fraction of sp³-hybridized carbons (Fsp3) is 0.217. The number of aryl methyl sites for hydroxylation is 2. The number of benzene rings is 3. The van der Waals surface area contributed by atoms with Crippen LogP contribution in [0.3, 0.4) is 0 Å². The number of hydrogen-bond acceptors (Lipinski definition) is 3. The van der Waals surface area contributed by atoms with Gasteiger partial charge >= 0.3 is 0 Å². The van der Waals surface area contributed by atoms with Crippen LogP contribution in [0.1, 0.15) is 22.3 Å². The molecule has 3 aromatic carbocycles. The highest BCUT2D eigenvalue weighted by Gasteiger charge is 2.15. The van der Waals surface area contributed by atoms with Crippen LogP contribution in [0.15, 0.2) is 59.1 Å². The van der Waals surface area contributed by atoms with Gasteiger partial charge in [-0.3, -0.25) is 0 Å². The van der Waals surface area contributed by atoms with Crippen LogP contribution in [0.4, 0.5) is 10.1 Å². The van der Waals surface area contributed by atoms with E-state index >= 15 is 0 Å². The number of rotatable bonds is 7. The Balaban J connectivity index is 1.82. The van der Waals surface area contributed by atoms with Crippen LogP contribution >= 0.6 is 15.9 Å². The molecule has 0 atom stereocenters. The molecule has 0 amide bonds. The van der Waals surface area contributed by atoms with Crippen LogP contribution in [-0.4, -0.2) is 7.11 Å². The maximum absolute atomic E-state index is 13.1. The normalized spacial score (nSPS) is 10.6. The molecule has 0 spiro atoms. The van der Waals surface area contributed by atoms with Crippen molar-refractivity contribution in [2.75, 3.05) is 12.4 Å². The summed E-state index contributed by atoms with van der Waals surface area (Å²) in [6, 6.07) is 16.4. The Bertz CT molecular complexity index is 958. The summed E-state index contributed by atoms with van der Waals surface area (Å²) < 4.78 is 25.6. The van der Waals surface area contributed by atoms with Gasteiger partial charge in [0, 0.05) is 22.3 Å². The molecule has 0 bridgehead atoms. The largest absolute Gasteiger partial charge is 0.493 e. The summed E-state index contributed by atoms with van der Waals surface area (Å²) in [5.74, 6) is 1.06. The Labute approximate surface area is 173 Å². The summed E-state index contributed by atoms with van der Waals surface area (Å²) in [6.07, 6.45) is 0. The molecule has 0 aliphatic rings. The van der Waals surface area contributed by atoms with E-state index in [1.54, 1.807) is 19.2 Å². The Morgan fingerprint density at radius 1 is 0.964 bits per heavy atom. The van der Waals surface area contributed by atoms with E-state index in [0.717, 1.165) is 21.3 Å². The minimum Gasteiger partial charge on any atom is -0.493 e. The molecule has 0 unspecified atom stereocenters. The van der Waals surface area contributed by atoms with E-state index in [1.165, 1.54) is 23.3 Å². The van der Waals surface area contributed by atoms with Crippen molar-refractivity contribution >= 4 is 21.6 Å². The SMILES string of the molecule is COc1ccc(Br)c(CNc2ccc(C)c(C)c2)c1OCc1ccc(F)cc1. The first-order chi connectivity index (χ1) is 13.5. The van der Waals surface area contributed by atoms with Gasteiger partial charge in [-0.1, -0.05) is 34.1 Å². The van der Waals surface area contributed by atoms with E-state index in [0.29, 0.717) is 24.7 Å². The predicted molar refractivity (Wildman–Crippen MR) is 115 cm³/mol. The highest BCUT2D eigenvalue weighted by Crippen LogP contribution is 2.37. The number of halogens is 2. The number of methoxy groups -OCH3 is 1. The van der Waals surface area contributed by atoms with Gasteiger partial charge in [0.1, 0.15) is 12.4 Å². The Morgan fingerprint density at radius 2 is 1.71 bits per heavy atom. The molecular weight excluding hydrogens is 421 g/mol. The molecule has 146 valence electrons. The van der Waals surface area contributed by atoms with Crippen LogP contribution in [0.25, 0.3) is 0 Å². The van der Waals surface area contributed by atoms with E-state index in [2.05, 4.69) is 53.3 Å². The molecule has 0 heterocycles. The molecule has 1 N–H and O–H groups in total. The summed E-state index contributed by atoms with van der Waals surface area (Å²) in [4.78, 5) is 0. The van der Waals surface area contributed by atoms with Crippen molar-refractivity contribution in [2.45, 2.75) is 27.0 Å². The van der Waals surface area contributed by atoms with Crippen LogP contribution in [0.5, 0.6) is 11.5 Å². The summed E-state index contributed by atoms with van der Waals surface area (Å²) in [6.45, 7) is 5.08. The van der Waals surface area contributed by atoms with Crippen molar-refractivity contribution in [1.29, 1.82) is 0 Å². The molecule has 0 radical (unpaired) electrons. The van der Waals surface area contributed by atoms with E-state index in [9.17, 15) is 4.39 Å². The fourth-order valence-corrected chi connectivity index (χ4v) is 3.30. The number of hydrogen-bond donors (Lipinski definition) is 1. The van der Waals surface area contributed by atoms with Crippen LogP contribution in [-0.2, 0) is 13.2 Å². The van der Waals surface area contributed by atoms with Crippen molar-refractivity contribution < 1.29 is 13.9 Å². The number of anilines is 1. The molecule has 5 heteroatoms. The van der Waals surface area contributed by atoms with E-state index in [1.807, 2.05) is 12.1 Å². The maximum Gasteiger partial charge on any atom is 0.167 e. The zero-order valence-electron chi connectivity index (χ0n) is 16.2.